The van der Waals surface area contributed by atoms with Crippen LogP contribution < -0.4 is 0 Å². The van der Waals surface area contributed by atoms with E-state index in [1.165, 1.54) is 0 Å². The molecule has 0 atom stereocenters. The zero-order chi connectivity index (χ0) is 12.4. The van der Waals surface area contributed by atoms with Crippen molar-refractivity contribution in [3.63, 3.8) is 0 Å². The molecule has 0 fully saturated rings. The van der Waals surface area contributed by atoms with Crippen LogP contribution in [-0.4, -0.2) is 37.1 Å². The summed E-state index contributed by atoms with van der Waals surface area (Å²) in [5.41, 5.74) is 0. The highest BCUT2D eigenvalue weighted by molar-refractivity contribution is 7.47. The summed E-state index contributed by atoms with van der Waals surface area (Å²) in [4.78, 5) is 10.4. The van der Waals surface area contributed by atoms with E-state index in [9.17, 15) is 4.57 Å². The Morgan fingerprint density at radius 2 is 2.12 bits per heavy atom. The van der Waals surface area contributed by atoms with E-state index in [-0.39, 0.29) is 0 Å². The molecular formula is C10H18NO4P. The lowest BCUT2D eigenvalue weighted by Gasteiger charge is -2.17. The molecule has 1 rings (SSSR count). The third kappa shape index (κ3) is 7.43. The fraction of sp³-hybridized carbons (Fsp3) is 0.400. The zero-order valence-corrected chi connectivity index (χ0v) is 10.5. The maximum Gasteiger partial charge on any atom is 0.471 e. The number of rotatable bonds is 4. The molecule has 1 N–H and O–H groups in total. The van der Waals surface area contributed by atoms with E-state index in [1.54, 1.807) is 0 Å². The van der Waals surface area contributed by atoms with Crippen LogP contribution in [0, 0.1) is 0 Å². The van der Waals surface area contributed by atoms with Crippen LogP contribution in [0.5, 0.6) is 0 Å². The Morgan fingerprint density at radius 1 is 1.50 bits per heavy atom. The summed E-state index contributed by atoms with van der Waals surface area (Å²) in [6.07, 6.45) is 10.2. The van der Waals surface area contributed by atoms with Crippen LogP contribution in [0.1, 0.15) is 0 Å². The summed E-state index contributed by atoms with van der Waals surface area (Å²) >= 11 is 0. The van der Waals surface area contributed by atoms with Crippen LogP contribution in [0.4, 0.5) is 0 Å². The molecule has 0 spiro atoms. The molecule has 0 amide bonds. The predicted octanol–water partition coefficient (Wildman–Crippen LogP) is 1.94. The first kappa shape index (κ1) is 15.1. The van der Waals surface area contributed by atoms with Gasteiger partial charge < -0.3 is 9.79 Å². The van der Waals surface area contributed by atoms with Crippen molar-refractivity contribution in [2.75, 3.05) is 27.3 Å². The summed E-state index contributed by atoms with van der Waals surface area (Å²) in [6.45, 7) is 5.62. The number of allylic oxidation sites excluding steroid dienone is 2. The Morgan fingerprint density at radius 3 is 2.44 bits per heavy atom. The smallest absolute Gasteiger partial charge is 0.370 e. The molecule has 16 heavy (non-hydrogen) atoms. The van der Waals surface area contributed by atoms with Gasteiger partial charge in [-0.05, 0) is 12.3 Å². The molecule has 5 nitrogen and oxygen atoms in total. The van der Waals surface area contributed by atoms with Crippen molar-refractivity contribution >= 4 is 7.82 Å². The Bertz CT molecular complexity index is 291. The lowest BCUT2D eigenvalue weighted by atomic mass is 10.3. The molecule has 0 aromatic rings. The Kier molecular flexibility index (Phi) is 7.85. The van der Waals surface area contributed by atoms with Gasteiger partial charge in [0.05, 0.1) is 0 Å². The molecule has 0 unspecified atom stereocenters. The number of hydrogen-bond acceptors (Lipinski definition) is 4. The number of hydrogen-bond donors (Lipinski definition) is 1. The van der Waals surface area contributed by atoms with Crippen molar-refractivity contribution in [2.24, 2.45) is 0 Å². The average Bonchev–Trinajstić information content (AvgIpc) is 2.32. The summed E-state index contributed by atoms with van der Waals surface area (Å²) in [6, 6.07) is 0. The van der Waals surface area contributed by atoms with Gasteiger partial charge >= 0.3 is 7.82 Å². The van der Waals surface area contributed by atoms with Gasteiger partial charge in [0.15, 0.2) is 0 Å². The molecule has 6 heteroatoms. The van der Waals surface area contributed by atoms with Gasteiger partial charge in [-0.25, -0.2) is 4.57 Å². The number of phosphoric acid groups is 1. The fourth-order valence-corrected chi connectivity index (χ4v) is 1.03. The van der Waals surface area contributed by atoms with Crippen molar-refractivity contribution in [1.29, 1.82) is 0 Å². The molecule has 0 aromatic carbocycles. The van der Waals surface area contributed by atoms with E-state index < -0.39 is 7.82 Å². The van der Waals surface area contributed by atoms with E-state index >= 15 is 0 Å². The lowest BCUT2D eigenvalue weighted by Crippen LogP contribution is -2.18. The van der Waals surface area contributed by atoms with Crippen LogP contribution in [0.15, 0.2) is 37.1 Å². The Labute approximate surface area is 96.3 Å². The minimum absolute atomic E-state index is 0.945. The van der Waals surface area contributed by atoms with E-state index in [4.69, 9.17) is 4.89 Å². The summed E-state index contributed by atoms with van der Waals surface area (Å²) < 4.78 is 18.0. The molecule has 0 saturated carbocycles. The highest BCUT2D eigenvalue weighted by atomic mass is 31.2. The maximum absolute atomic E-state index is 10.1. The second-order valence-electron chi connectivity index (χ2n) is 2.85. The second kappa shape index (κ2) is 8.30. The van der Waals surface area contributed by atoms with Crippen molar-refractivity contribution in [3.05, 3.63) is 37.1 Å². The van der Waals surface area contributed by atoms with Gasteiger partial charge in [-0.1, -0.05) is 18.2 Å². The molecular weight excluding hydrogens is 229 g/mol. The van der Waals surface area contributed by atoms with Gasteiger partial charge in [0.25, 0.3) is 0 Å². The summed E-state index contributed by atoms with van der Waals surface area (Å²) in [7, 11) is -1.45. The Balaban J connectivity index is 0.000000293. The van der Waals surface area contributed by atoms with Crippen molar-refractivity contribution in [3.8, 4) is 0 Å². The Hall–Kier alpha value is -0.870. The number of phosphoric ester groups is 1. The third-order valence-corrected chi connectivity index (χ3v) is 2.63. The molecule has 0 aliphatic carbocycles. The van der Waals surface area contributed by atoms with Gasteiger partial charge in [-0.3, -0.25) is 9.05 Å². The molecule has 0 bridgehead atoms. The minimum Gasteiger partial charge on any atom is -0.370 e. The van der Waals surface area contributed by atoms with E-state index in [0.717, 1.165) is 27.3 Å². The number of nitrogens with zero attached hydrogens (tertiary/aromatic N) is 1. The fourth-order valence-electron chi connectivity index (χ4n) is 0.883. The van der Waals surface area contributed by atoms with Crippen molar-refractivity contribution in [2.45, 2.75) is 0 Å². The van der Waals surface area contributed by atoms with Crippen LogP contribution in [-0.2, 0) is 13.6 Å². The largest absolute Gasteiger partial charge is 0.471 e. The topological polar surface area (TPSA) is 59.0 Å². The monoisotopic (exact) mass is 247 g/mol. The van der Waals surface area contributed by atoms with E-state index in [1.807, 2.05) is 12.2 Å². The van der Waals surface area contributed by atoms with E-state index in [2.05, 4.69) is 38.9 Å². The predicted molar refractivity (Wildman–Crippen MR) is 63.9 cm³/mol. The van der Waals surface area contributed by atoms with Gasteiger partial charge in [-0.15, -0.1) is 6.58 Å². The highest BCUT2D eigenvalue weighted by Crippen LogP contribution is 2.40. The van der Waals surface area contributed by atoms with Crippen LogP contribution in [0.2, 0.25) is 0 Å². The second-order valence-corrected chi connectivity index (χ2v) is 4.51. The van der Waals surface area contributed by atoms with E-state index in [0.29, 0.717) is 0 Å². The minimum atomic E-state index is -3.65. The lowest BCUT2D eigenvalue weighted by molar-refractivity contribution is 0.204. The van der Waals surface area contributed by atoms with Crippen LogP contribution >= 0.6 is 7.82 Å². The zero-order valence-electron chi connectivity index (χ0n) is 9.57. The van der Waals surface area contributed by atoms with Gasteiger partial charge in [0, 0.05) is 27.3 Å². The maximum atomic E-state index is 10.1. The molecule has 0 saturated heterocycles. The first-order chi connectivity index (χ1) is 7.55. The highest BCUT2D eigenvalue weighted by Gasteiger charge is 2.13. The quantitative estimate of drug-likeness (QED) is 0.607. The van der Waals surface area contributed by atoms with Gasteiger partial charge in [0.1, 0.15) is 0 Å². The molecule has 1 heterocycles. The molecule has 1 aliphatic rings. The van der Waals surface area contributed by atoms with Crippen LogP contribution in [0.3, 0.4) is 0 Å². The molecule has 0 aromatic heterocycles. The van der Waals surface area contributed by atoms with Crippen molar-refractivity contribution in [1.82, 2.24) is 4.90 Å². The van der Waals surface area contributed by atoms with Gasteiger partial charge in [0.2, 0.25) is 0 Å². The normalized spacial score (nSPS) is 14.3. The standard InChI is InChI=1S/C8H11N.C2H7O4P/c1-2-6-9-7-4-3-5-8-9;1-5-7(3,4)6-2/h2-5,7H,1,6,8H2;1-2H3,(H,3,4). The summed E-state index contributed by atoms with van der Waals surface area (Å²) in [5, 5.41) is 0. The first-order valence-electron chi connectivity index (χ1n) is 4.68. The summed E-state index contributed by atoms with van der Waals surface area (Å²) in [5.74, 6) is 0. The molecule has 92 valence electrons. The third-order valence-electron chi connectivity index (χ3n) is 1.71. The molecule has 0 radical (unpaired) electrons. The first-order valence-corrected chi connectivity index (χ1v) is 6.18. The van der Waals surface area contributed by atoms with Gasteiger partial charge in [-0.2, -0.15) is 0 Å². The van der Waals surface area contributed by atoms with Crippen molar-refractivity contribution < 1.29 is 18.5 Å². The average molecular weight is 247 g/mol. The molecule has 1 aliphatic heterocycles. The SMILES string of the molecule is C=CCN1C=CC=CC1.COP(=O)(O)OC. The van der Waals surface area contributed by atoms with Crippen LogP contribution in [0.25, 0.3) is 0 Å².